The molecule has 0 spiro atoms. The molecule has 1 aliphatic carbocycles. The average molecular weight is 337 g/mol. The second-order valence-corrected chi connectivity index (χ2v) is 6.77. The third-order valence-corrected chi connectivity index (χ3v) is 4.93. The van der Waals surface area contributed by atoms with Gasteiger partial charge in [-0.25, -0.2) is 0 Å². The first kappa shape index (κ1) is 14.1. The number of carbonyl (C=O) groups is 1. The lowest BCUT2D eigenvalue weighted by Crippen LogP contribution is -2.50. The van der Waals surface area contributed by atoms with Gasteiger partial charge in [0.15, 0.2) is 0 Å². The fourth-order valence-electron chi connectivity index (χ4n) is 2.93. The van der Waals surface area contributed by atoms with E-state index in [0.717, 1.165) is 50.0 Å². The van der Waals surface area contributed by atoms with E-state index >= 15 is 0 Å². The van der Waals surface area contributed by atoms with Crippen molar-refractivity contribution in [3.8, 4) is 0 Å². The number of carbonyl (C=O) groups excluding carboxylic acids is 1. The monoisotopic (exact) mass is 336 g/mol. The van der Waals surface area contributed by atoms with Gasteiger partial charge in [-0.3, -0.25) is 9.69 Å². The second kappa shape index (κ2) is 6.27. The van der Waals surface area contributed by atoms with Crippen molar-refractivity contribution in [2.75, 3.05) is 26.2 Å². The van der Waals surface area contributed by atoms with Crippen LogP contribution < -0.4 is 0 Å². The molecule has 0 unspecified atom stereocenters. The molecule has 20 heavy (non-hydrogen) atoms. The van der Waals surface area contributed by atoms with Crippen LogP contribution in [0.3, 0.4) is 0 Å². The van der Waals surface area contributed by atoms with Gasteiger partial charge in [0.05, 0.1) is 0 Å². The topological polar surface area (TPSA) is 23.6 Å². The van der Waals surface area contributed by atoms with E-state index in [-0.39, 0.29) is 0 Å². The molecule has 1 amide bonds. The fraction of sp³-hybridized carbons (Fsp3) is 0.562. The van der Waals surface area contributed by atoms with Crippen molar-refractivity contribution < 1.29 is 4.79 Å². The molecular formula is C16H21BrN2O. The van der Waals surface area contributed by atoms with E-state index in [1.165, 1.54) is 12.0 Å². The SMILES string of the molecule is O=C(C1CCC1)N1CCN(Cc2cccc(Br)c2)CC1. The molecule has 0 bridgehead atoms. The zero-order valence-corrected chi connectivity index (χ0v) is 13.3. The van der Waals surface area contributed by atoms with Gasteiger partial charge in [-0.1, -0.05) is 34.5 Å². The molecule has 1 saturated carbocycles. The highest BCUT2D eigenvalue weighted by Crippen LogP contribution is 2.28. The molecule has 1 saturated heterocycles. The second-order valence-electron chi connectivity index (χ2n) is 5.86. The molecule has 108 valence electrons. The summed E-state index contributed by atoms with van der Waals surface area (Å²) < 4.78 is 1.13. The average Bonchev–Trinajstić information content (AvgIpc) is 2.37. The molecule has 2 fully saturated rings. The highest BCUT2D eigenvalue weighted by Gasteiger charge is 2.31. The van der Waals surface area contributed by atoms with Crippen LogP contribution in [0.4, 0.5) is 0 Å². The summed E-state index contributed by atoms with van der Waals surface area (Å²) in [5.74, 6) is 0.741. The molecule has 3 nitrogen and oxygen atoms in total. The quantitative estimate of drug-likeness (QED) is 0.847. The first-order valence-electron chi connectivity index (χ1n) is 7.48. The molecule has 1 heterocycles. The number of hydrogen-bond donors (Lipinski definition) is 0. The minimum atomic E-state index is 0.339. The summed E-state index contributed by atoms with van der Waals surface area (Å²) in [6.45, 7) is 4.74. The number of hydrogen-bond acceptors (Lipinski definition) is 2. The maximum atomic E-state index is 12.2. The van der Waals surface area contributed by atoms with E-state index in [1.807, 2.05) is 0 Å². The molecule has 0 aromatic heterocycles. The Bertz CT molecular complexity index is 479. The standard InChI is InChI=1S/C16H21BrN2O/c17-15-6-1-3-13(11-15)12-18-7-9-19(10-8-18)16(20)14-4-2-5-14/h1,3,6,11,14H,2,4-5,7-10,12H2. The van der Waals surface area contributed by atoms with Gasteiger partial charge in [0, 0.05) is 43.1 Å². The summed E-state index contributed by atoms with van der Waals surface area (Å²) >= 11 is 3.51. The highest BCUT2D eigenvalue weighted by atomic mass is 79.9. The Kier molecular flexibility index (Phi) is 4.41. The minimum Gasteiger partial charge on any atom is -0.340 e. The Morgan fingerprint density at radius 1 is 1.20 bits per heavy atom. The predicted octanol–water partition coefficient (Wildman–Crippen LogP) is 2.89. The van der Waals surface area contributed by atoms with E-state index in [0.29, 0.717) is 11.8 Å². The lowest BCUT2D eigenvalue weighted by atomic mass is 9.84. The van der Waals surface area contributed by atoms with Crippen LogP contribution in [-0.4, -0.2) is 41.9 Å². The van der Waals surface area contributed by atoms with Gasteiger partial charge in [0.1, 0.15) is 0 Å². The third-order valence-electron chi connectivity index (χ3n) is 4.43. The third kappa shape index (κ3) is 3.23. The normalized spacial score (nSPS) is 20.8. The van der Waals surface area contributed by atoms with Gasteiger partial charge in [-0.15, -0.1) is 0 Å². The van der Waals surface area contributed by atoms with Gasteiger partial charge in [0.2, 0.25) is 5.91 Å². The molecule has 2 aliphatic rings. The summed E-state index contributed by atoms with van der Waals surface area (Å²) in [4.78, 5) is 16.7. The first-order valence-corrected chi connectivity index (χ1v) is 8.27. The lowest BCUT2D eigenvalue weighted by Gasteiger charge is -2.38. The van der Waals surface area contributed by atoms with E-state index in [1.54, 1.807) is 0 Å². The van der Waals surface area contributed by atoms with Crippen molar-refractivity contribution in [3.05, 3.63) is 34.3 Å². The van der Waals surface area contributed by atoms with Crippen molar-refractivity contribution in [1.29, 1.82) is 0 Å². The maximum Gasteiger partial charge on any atom is 0.225 e. The maximum absolute atomic E-state index is 12.2. The smallest absolute Gasteiger partial charge is 0.225 e. The largest absolute Gasteiger partial charge is 0.340 e. The zero-order valence-electron chi connectivity index (χ0n) is 11.7. The van der Waals surface area contributed by atoms with Gasteiger partial charge in [-0.05, 0) is 30.5 Å². The Morgan fingerprint density at radius 3 is 2.55 bits per heavy atom. The van der Waals surface area contributed by atoms with Crippen LogP contribution in [0.1, 0.15) is 24.8 Å². The van der Waals surface area contributed by atoms with Crippen LogP contribution in [0.5, 0.6) is 0 Å². The van der Waals surface area contributed by atoms with Crippen LogP contribution in [0.25, 0.3) is 0 Å². The first-order chi connectivity index (χ1) is 9.72. The van der Waals surface area contributed by atoms with E-state index < -0.39 is 0 Å². The van der Waals surface area contributed by atoms with Crippen molar-refractivity contribution in [1.82, 2.24) is 9.80 Å². The molecule has 3 rings (SSSR count). The Hall–Kier alpha value is -0.870. The molecule has 1 aromatic rings. The number of piperazine rings is 1. The van der Waals surface area contributed by atoms with Crippen LogP contribution in [0, 0.1) is 5.92 Å². The van der Waals surface area contributed by atoms with Gasteiger partial charge < -0.3 is 4.90 Å². The number of halogens is 1. The van der Waals surface area contributed by atoms with Crippen molar-refractivity contribution in [2.24, 2.45) is 5.92 Å². The Balaban J connectivity index is 1.49. The van der Waals surface area contributed by atoms with Gasteiger partial charge >= 0.3 is 0 Å². The molecule has 0 radical (unpaired) electrons. The lowest BCUT2D eigenvalue weighted by molar-refractivity contribution is -0.140. The number of benzene rings is 1. The van der Waals surface area contributed by atoms with Crippen molar-refractivity contribution in [3.63, 3.8) is 0 Å². The molecule has 0 atom stereocenters. The van der Waals surface area contributed by atoms with E-state index in [9.17, 15) is 4.79 Å². The molecular weight excluding hydrogens is 316 g/mol. The number of rotatable bonds is 3. The van der Waals surface area contributed by atoms with Crippen LogP contribution in [-0.2, 0) is 11.3 Å². The van der Waals surface area contributed by atoms with Crippen molar-refractivity contribution in [2.45, 2.75) is 25.8 Å². The van der Waals surface area contributed by atoms with Crippen LogP contribution in [0.15, 0.2) is 28.7 Å². The number of nitrogens with zero attached hydrogens (tertiary/aromatic N) is 2. The summed E-state index contributed by atoms with van der Waals surface area (Å²) in [5.41, 5.74) is 1.33. The molecule has 1 aliphatic heterocycles. The highest BCUT2D eigenvalue weighted by molar-refractivity contribution is 9.10. The molecule has 1 aromatic carbocycles. The van der Waals surface area contributed by atoms with Crippen LogP contribution >= 0.6 is 15.9 Å². The van der Waals surface area contributed by atoms with Gasteiger partial charge in [-0.2, -0.15) is 0 Å². The predicted molar refractivity (Wildman–Crippen MR) is 83.3 cm³/mol. The van der Waals surface area contributed by atoms with E-state index in [4.69, 9.17) is 0 Å². The summed E-state index contributed by atoms with van der Waals surface area (Å²) in [5, 5.41) is 0. The fourth-order valence-corrected chi connectivity index (χ4v) is 3.38. The zero-order chi connectivity index (χ0) is 13.9. The molecule has 4 heteroatoms. The Morgan fingerprint density at radius 2 is 1.95 bits per heavy atom. The Labute approximate surface area is 129 Å². The summed E-state index contributed by atoms with van der Waals surface area (Å²) in [6.07, 6.45) is 3.45. The van der Waals surface area contributed by atoms with Crippen molar-refractivity contribution >= 4 is 21.8 Å². The van der Waals surface area contributed by atoms with E-state index in [2.05, 4.69) is 50.0 Å². The van der Waals surface area contributed by atoms with Gasteiger partial charge in [0.25, 0.3) is 0 Å². The van der Waals surface area contributed by atoms with Crippen LogP contribution in [0.2, 0.25) is 0 Å². The minimum absolute atomic E-state index is 0.339. The molecule has 0 N–H and O–H groups in total. The summed E-state index contributed by atoms with van der Waals surface area (Å²) in [6, 6.07) is 8.47. The summed E-state index contributed by atoms with van der Waals surface area (Å²) in [7, 11) is 0. The number of amides is 1.